The molecular weight excluding hydrogens is 232 g/mol. The van der Waals surface area contributed by atoms with Gasteiger partial charge in [-0.15, -0.1) is 0 Å². The van der Waals surface area contributed by atoms with Gasteiger partial charge < -0.3 is 19.7 Å². The lowest BCUT2D eigenvalue weighted by atomic mass is 9.98. The fourth-order valence-electron chi connectivity index (χ4n) is 2.61. The number of piperidine rings is 1. The van der Waals surface area contributed by atoms with E-state index in [2.05, 4.69) is 5.32 Å². The van der Waals surface area contributed by atoms with Gasteiger partial charge in [-0.3, -0.25) is 4.79 Å². The molecule has 0 bridgehead atoms. The molecule has 1 amide bonds. The topological polar surface area (TPSA) is 50.8 Å². The molecule has 2 atom stereocenters. The van der Waals surface area contributed by atoms with Gasteiger partial charge in [0.2, 0.25) is 0 Å². The van der Waals surface area contributed by atoms with E-state index in [1.807, 2.05) is 11.8 Å². The Labute approximate surface area is 109 Å². The Morgan fingerprint density at radius 1 is 1.56 bits per heavy atom. The summed E-state index contributed by atoms with van der Waals surface area (Å²) in [7, 11) is 0. The van der Waals surface area contributed by atoms with Crippen molar-refractivity contribution >= 4 is 5.91 Å². The third kappa shape index (κ3) is 3.67. The van der Waals surface area contributed by atoms with Crippen molar-refractivity contribution in [3.05, 3.63) is 0 Å². The number of likely N-dealkylation sites (tertiary alicyclic amines) is 1. The van der Waals surface area contributed by atoms with E-state index in [1.54, 1.807) is 0 Å². The zero-order valence-electron chi connectivity index (χ0n) is 11.2. The molecule has 0 aromatic rings. The van der Waals surface area contributed by atoms with Crippen molar-refractivity contribution in [1.82, 2.24) is 10.2 Å². The molecule has 0 spiro atoms. The third-order valence-corrected chi connectivity index (χ3v) is 3.59. The molecule has 0 saturated carbocycles. The normalized spacial score (nSPS) is 29.3. The first-order valence-corrected chi connectivity index (χ1v) is 7.00. The Bertz CT molecular complexity index is 267. The minimum atomic E-state index is -0.287. The van der Waals surface area contributed by atoms with Gasteiger partial charge >= 0.3 is 0 Å². The van der Waals surface area contributed by atoms with Crippen LogP contribution in [0.5, 0.6) is 0 Å². The van der Waals surface area contributed by atoms with Crippen molar-refractivity contribution in [2.45, 2.75) is 25.9 Å². The second-order valence-corrected chi connectivity index (χ2v) is 5.02. The van der Waals surface area contributed by atoms with Gasteiger partial charge in [0.25, 0.3) is 5.91 Å². The monoisotopic (exact) mass is 256 g/mol. The number of nitrogens with one attached hydrogen (secondary N) is 1. The highest BCUT2D eigenvalue weighted by Gasteiger charge is 2.30. The number of morpholine rings is 1. The fraction of sp³-hybridized carbons (Fsp3) is 0.923. The van der Waals surface area contributed by atoms with E-state index in [1.165, 1.54) is 0 Å². The Hall–Kier alpha value is -0.650. The Balaban J connectivity index is 1.81. The van der Waals surface area contributed by atoms with Gasteiger partial charge in [0.05, 0.1) is 13.2 Å². The zero-order chi connectivity index (χ0) is 12.8. The van der Waals surface area contributed by atoms with E-state index in [0.717, 1.165) is 45.7 Å². The van der Waals surface area contributed by atoms with Crippen LogP contribution < -0.4 is 5.32 Å². The third-order valence-electron chi connectivity index (χ3n) is 3.59. The standard InChI is InChI=1S/C13H24N2O3/c1-2-17-10-11-4-3-6-15(9-11)13(16)12-8-14-5-7-18-12/h11-12,14H,2-10H2,1H3/t11-,12-/m0/s1. The lowest BCUT2D eigenvalue weighted by Crippen LogP contribution is -2.52. The van der Waals surface area contributed by atoms with Crippen LogP contribution in [0.4, 0.5) is 0 Å². The molecule has 18 heavy (non-hydrogen) atoms. The molecule has 2 heterocycles. The molecule has 2 saturated heterocycles. The molecule has 0 unspecified atom stereocenters. The van der Waals surface area contributed by atoms with Crippen LogP contribution in [-0.2, 0) is 14.3 Å². The van der Waals surface area contributed by atoms with Crippen molar-refractivity contribution in [3.63, 3.8) is 0 Å². The first-order chi connectivity index (χ1) is 8.81. The largest absolute Gasteiger partial charge is 0.381 e. The summed E-state index contributed by atoms with van der Waals surface area (Å²) in [5.74, 6) is 0.627. The molecule has 0 radical (unpaired) electrons. The van der Waals surface area contributed by atoms with Gasteiger partial charge in [0.15, 0.2) is 0 Å². The maximum absolute atomic E-state index is 12.3. The van der Waals surface area contributed by atoms with E-state index in [-0.39, 0.29) is 12.0 Å². The Kier molecular flexibility index (Phi) is 5.41. The highest BCUT2D eigenvalue weighted by Crippen LogP contribution is 2.18. The van der Waals surface area contributed by atoms with E-state index in [0.29, 0.717) is 19.1 Å². The van der Waals surface area contributed by atoms with Crippen LogP contribution in [0.2, 0.25) is 0 Å². The number of nitrogens with zero attached hydrogens (tertiary/aromatic N) is 1. The van der Waals surface area contributed by atoms with Crippen LogP contribution in [0, 0.1) is 5.92 Å². The van der Waals surface area contributed by atoms with Gasteiger partial charge in [-0.25, -0.2) is 0 Å². The lowest BCUT2D eigenvalue weighted by Gasteiger charge is -2.35. The molecule has 104 valence electrons. The van der Waals surface area contributed by atoms with Gasteiger partial charge in [-0.2, -0.15) is 0 Å². The van der Waals surface area contributed by atoms with Crippen molar-refractivity contribution in [2.75, 3.05) is 46.0 Å². The number of carbonyl (C=O) groups is 1. The van der Waals surface area contributed by atoms with Crippen LogP contribution in [0.3, 0.4) is 0 Å². The summed E-state index contributed by atoms with van der Waals surface area (Å²) in [4.78, 5) is 14.2. The predicted molar refractivity (Wildman–Crippen MR) is 68.4 cm³/mol. The zero-order valence-corrected chi connectivity index (χ0v) is 11.2. The number of carbonyl (C=O) groups excluding carboxylic acids is 1. The molecule has 2 aliphatic rings. The fourth-order valence-corrected chi connectivity index (χ4v) is 2.61. The predicted octanol–water partition coefficient (Wildman–Crippen LogP) is 0.250. The van der Waals surface area contributed by atoms with Crippen LogP contribution in [0.1, 0.15) is 19.8 Å². The molecule has 1 N–H and O–H groups in total. The number of amides is 1. The van der Waals surface area contributed by atoms with Gasteiger partial charge in [-0.1, -0.05) is 0 Å². The molecule has 2 rings (SSSR count). The van der Waals surface area contributed by atoms with Crippen LogP contribution in [-0.4, -0.2) is 62.9 Å². The lowest BCUT2D eigenvalue weighted by molar-refractivity contribution is -0.147. The Morgan fingerprint density at radius 3 is 3.17 bits per heavy atom. The number of ether oxygens (including phenoxy) is 2. The molecule has 2 aliphatic heterocycles. The summed E-state index contributed by atoms with van der Waals surface area (Å²) in [5.41, 5.74) is 0. The molecule has 5 heteroatoms. The number of hydrogen-bond donors (Lipinski definition) is 1. The van der Waals surface area contributed by atoms with Crippen molar-refractivity contribution < 1.29 is 14.3 Å². The van der Waals surface area contributed by atoms with Crippen molar-refractivity contribution in [1.29, 1.82) is 0 Å². The highest BCUT2D eigenvalue weighted by atomic mass is 16.5. The van der Waals surface area contributed by atoms with Gasteiger partial charge in [0.1, 0.15) is 6.10 Å². The summed E-state index contributed by atoms with van der Waals surface area (Å²) in [6.07, 6.45) is 1.95. The smallest absolute Gasteiger partial charge is 0.253 e. The maximum atomic E-state index is 12.3. The SMILES string of the molecule is CCOC[C@H]1CCCN(C(=O)[C@@H]2CNCCO2)C1. The first-order valence-electron chi connectivity index (χ1n) is 7.00. The molecule has 5 nitrogen and oxygen atoms in total. The highest BCUT2D eigenvalue weighted by molar-refractivity contribution is 5.81. The van der Waals surface area contributed by atoms with E-state index < -0.39 is 0 Å². The van der Waals surface area contributed by atoms with Crippen LogP contribution in [0.15, 0.2) is 0 Å². The van der Waals surface area contributed by atoms with E-state index in [9.17, 15) is 4.79 Å². The van der Waals surface area contributed by atoms with E-state index >= 15 is 0 Å². The molecule has 2 fully saturated rings. The number of rotatable bonds is 4. The Morgan fingerprint density at radius 2 is 2.44 bits per heavy atom. The molecular formula is C13H24N2O3. The second-order valence-electron chi connectivity index (χ2n) is 5.02. The van der Waals surface area contributed by atoms with Crippen molar-refractivity contribution in [2.24, 2.45) is 5.92 Å². The summed E-state index contributed by atoms with van der Waals surface area (Å²) >= 11 is 0. The maximum Gasteiger partial charge on any atom is 0.253 e. The second kappa shape index (κ2) is 7.07. The first kappa shape index (κ1) is 13.8. The molecule has 0 aromatic carbocycles. The van der Waals surface area contributed by atoms with E-state index in [4.69, 9.17) is 9.47 Å². The quantitative estimate of drug-likeness (QED) is 0.783. The van der Waals surface area contributed by atoms with Crippen LogP contribution >= 0.6 is 0 Å². The number of hydrogen-bond acceptors (Lipinski definition) is 4. The van der Waals surface area contributed by atoms with Crippen molar-refractivity contribution in [3.8, 4) is 0 Å². The average Bonchev–Trinajstić information content (AvgIpc) is 2.45. The minimum Gasteiger partial charge on any atom is -0.381 e. The summed E-state index contributed by atoms with van der Waals surface area (Å²) < 4.78 is 11.0. The summed E-state index contributed by atoms with van der Waals surface area (Å²) in [6.45, 7) is 7.33. The van der Waals surface area contributed by atoms with Gasteiger partial charge in [0, 0.05) is 32.8 Å². The van der Waals surface area contributed by atoms with Crippen LogP contribution in [0.25, 0.3) is 0 Å². The average molecular weight is 256 g/mol. The molecule has 0 aromatic heterocycles. The molecule has 0 aliphatic carbocycles. The summed E-state index contributed by atoms with van der Waals surface area (Å²) in [5, 5.41) is 3.20. The van der Waals surface area contributed by atoms with Gasteiger partial charge in [-0.05, 0) is 25.7 Å². The summed E-state index contributed by atoms with van der Waals surface area (Å²) in [6, 6.07) is 0. The minimum absolute atomic E-state index is 0.142.